The Morgan fingerprint density at radius 2 is 1.88 bits per heavy atom. The second-order valence-corrected chi connectivity index (χ2v) is 3.74. The van der Waals surface area contributed by atoms with Gasteiger partial charge in [-0.2, -0.15) is 5.26 Å². The van der Waals surface area contributed by atoms with E-state index in [1.807, 2.05) is 6.07 Å². The van der Waals surface area contributed by atoms with Crippen LogP contribution in [-0.2, 0) is 4.74 Å². The normalized spacial score (nSPS) is 10.4. The molecule has 0 heterocycles. The maximum Gasteiger partial charge on any atom is 0.339 e. The van der Waals surface area contributed by atoms with Crippen molar-refractivity contribution >= 4 is 5.97 Å². The number of ether oxygens (including phenoxy) is 2. The fourth-order valence-electron chi connectivity index (χ4n) is 1.04. The highest BCUT2D eigenvalue weighted by atomic mass is 16.6. The Hall–Kier alpha value is -2.02. The number of rotatable bonds is 3. The zero-order chi connectivity index (χ0) is 12.2. The van der Waals surface area contributed by atoms with Crippen molar-refractivity contribution in [2.45, 2.75) is 19.4 Å². The minimum atomic E-state index is -1.11. The summed E-state index contributed by atoms with van der Waals surface area (Å²) in [6.45, 7) is 3.07. The molecule has 0 atom stereocenters. The van der Waals surface area contributed by atoms with Gasteiger partial charge in [-0.25, -0.2) is 4.79 Å². The van der Waals surface area contributed by atoms with Crippen molar-refractivity contribution in [1.29, 1.82) is 5.26 Å². The van der Waals surface area contributed by atoms with Gasteiger partial charge in [-0.15, -0.1) is 0 Å². The fraction of sp³-hybridized carbons (Fsp3) is 0.333. The maximum absolute atomic E-state index is 11.6. The second kappa shape index (κ2) is 4.67. The minimum absolute atomic E-state index is 0.393. The Kier molecular flexibility index (Phi) is 3.51. The lowest BCUT2D eigenvalue weighted by Gasteiger charge is -2.16. The Balaban J connectivity index is 2.78. The van der Waals surface area contributed by atoms with Gasteiger partial charge < -0.3 is 9.47 Å². The standard InChI is InChI=1S/C12H13NO3/c1-12(2,8-13)16-11(14)9-4-6-10(15-3)7-5-9/h4-7H,1-3H3. The van der Waals surface area contributed by atoms with E-state index in [2.05, 4.69) is 0 Å². The maximum atomic E-state index is 11.6. The molecule has 0 bridgehead atoms. The van der Waals surface area contributed by atoms with E-state index in [0.717, 1.165) is 0 Å². The van der Waals surface area contributed by atoms with Gasteiger partial charge in [-0.05, 0) is 38.1 Å². The summed E-state index contributed by atoms with van der Waals surface area (Å²) in [5.41, 5.74) is -0.721. The molecule has 4 heteroatoms. The number of hydrogen-bond donors (Lipinski definition) is 0. The number of carbonyl (C=O) groups excluding carboxylic acids is 1. The quantitative estimate of drug-likeness (QED) is 0.731. The number of methoxy groups -OCH3 is 1. The number of hydrogen-bond acceptors (Lipinski definition) is 4. The second-order valence-electron chi connectivity index (χ2n) is 3.74. The summed E-state index contributed by atoms with van der Waals surface area (Å²) >= 11 is 0. The number of carbonyl (C=O) groups is 1. The SMILES string of the molecule is COc1ccc(C(=O)OC(C)(C)C#N)cc1. The molecular weight excluding hydrogens is 206 g/mol. The van der Waals surface area contributed by atoms with Gasteiger partial charge in [0.15, 0.2) is 5.60 Å². The monoisotopic (exact) mass is 219 g/mol. The summed E-state index contributed by atoms with van der Waals surface area (Å²) in [7, 11) is 1.55. The molecular formula is C12H13NO3. The fourth-order valence-corrected chi connectivity index (χ4v) is 1.04. The van der Waals surface area contributed by atoms with Crippen molar-refractivity contribution in [2.75, 3.05) is 7.11 Å². The lowest BCUT2D eigenvalue weighted by molar-refractivity contribution is 0.0197. The highest BCUT2D eigenvalue weighted by Gasteiger charge is 2.22. The summed E-state index contributed by atoms with van der Waals surface area (Å²) in [6.07, 6.45) is 0. The van der Waals surface area contributed by atoms with Gasteiger partial charge in [0.2, 0.25) is 0 Å². The zero-order valence-corrected chi connectivity index (χ0v) is 9.48. The molecule has 0 spiro atoms. The van der Waals surface area contributed by atoms with Crippen molar-refractivity contribution in [3.8, 4) is 11.8 Å². The first-order valence-corrected chi connectivity index (χ1v) is 4.77. The van der Waals surface area contributed by atoms with Gasteiger partial charge >= 0.3 is 5.97 Å². The molecule has 0 unspecified atom stereocenters. The molecule has 0 N–H and O–H groups in total. The minimum Gasteiger partial charge on any atom is -0.497 e. The van der Waals surface area contributed by atoms with Gasteiger partial charge in [-0.3, -0.25) is 0 Å². The number of nitriles is 1. The van der Waals surface area contributed by atoms with Crippen molar-refractivity contribution in [1.82, 2.24) is 0 Å². The van der Waals surface area contributed by atoms with E-state index >= 15 is 0 Å². The predicted octanol–water partition coefficient (Wildman–Crippen LogP) is 2.15. The third kappa shape index (κ3) is 2.99. The number of benzene rings is 1. The van der Waals surface area contributed by atoms with Gasteiger partial charge in [0, 0.05) is 0 Å². The molecule has 0 aliphatic heterocycles. The van der Waals surface area contributed by atoms with Crippen LogP contribution in [0.1, 0.15) is 24.2 Å². The van der Waals surface area contributed by atoms with Crippen molar-refractivity contribution in [3.63, 3.8) is 0 Å². The average Bonchev–Trinajstić information content (AvgIpc) is 2.28. The van der Waals surface area contributed by atoms with Crippen LogP contribution in [0.25, 0.3) is 0 Å². The zero-order valence-electron chi connectivity index (χ0n) is 9.48. The van der Waals surface area contributed by atoms with E-state index in [4.69, 9.17) is 14.7 Å². The van der Waals surface area contributed by atoms with Crippen LogP contribution in [-0.4, -0.2) is 18.7 Å². The molecule has 0 saturated carbocycles. The summed E-state index contributed by atoms with van der Waals surface area (Å²) < 4.78 is 9.97. The molecule has 16 heavy (non-hydrogen) atoms. The van der Waals surface area contributed by atoms with E-state index in [-0.39, 0.29) is 0 Å². The first-order valence-electron chi connectivity index (χ1n) is 4.77. The molecule has 1 aromatic rings. The van der Waals surface area contributed by atoms with E-state index in [0.29, 0.717) is 11.3 Å². The highest BCUT2D eigenvalue weighted by Crippen LogP contribution is 2.15. The Labute approximate surface area is 94.4 Å². The number of nitrogens with zero attached hydrogens (tertiary/aromatic N) is 1. The molecule has 0 radical (unpaired) electrons. The van der Waals surface area contributed by atoms with Crippen LogP contribution in [0.2, 0.25) is 0 Å². The summed E-state index contributed by atoms with van der Waals surface area (Å²) in [5, 5.41) is 8.72. The van der Waals surface area contributed by atoms with Crippen LogP contribution < -0.4 is 4.74 Å². The van der Waals surface area contributed by atoms with Crippen molar-refractivity contribution in [3.05, 3.63) is 29.8 Å². The number of esters is 1. The molecule has 0 fully saturated rings. The molecule has 4 nitrogen and oxygen atoms in total. The van der Waals surface area contributed by atoms with Crippen LogP contribution in [0.5, 0.6) is 5.75 Å². The van der Waals surface area contributed by atoms with Crippen LogP contribution >= 0.6 is 0 Å². The summed E-state index contributed by atoms with van der Waals surface area (Å²) in [6, 6.07) is 8.41. The topological polar surface area (TPSA) is 59.3 Å². The van der Waals surface area contributed by atoms with Crippen LogP contribution in [0, 0.1) is 11.3 Å². The molecule has 0 saturated heterocycles. The van der Waals surface area contributed by atoms with Crippen LogP contribution in [0.15, 0.2) is 24.3 Å². The Morgan fingerprint density at radius 1 is 1.31 bits per heavy atom. The third-order valence-electron chi connectivity index (χ3n) is 1.94. The smallest absolute Gasteiger partial charge is 0.339 e. The first-order chi connectivity index (χ1) is 7.48. The van der Waals surface area contributed by atoms with Crippen molar-refractivity contribution < 1.29 is 14.3 Å². The average molecular weight is 219 g/mol. The largest absolute Gasteiger partial charge is 0.497 e. The van der Waals surface area contributed by atoms with E-state index in [1.54, 1.807) is 31.4 Å². The van der Waals surface area contributed by atoms with E-state index in [9.17, 15) is 4.79 Å². The van der Waals surface area contributed by atoms with Crippen LogP contribution in [0.4, 0.5) is 0 Å². The van der Waals surface area contributed by atoms with Gasteiger partial charge in [0.1, 0.15) is 11.8 Å². The molecule has 0 aromatic heterocycles. The molecule has 0 amide bonds. The van der Waals surface area contributed by atoms with Gasteiger partial charge in [0.25, 0.3) is 0 Å². The van der Waals surface area contributed by atoms with Gasteiger partial charge in [-0.1, -0.05) is 0 Å². The molecule has 1 aromatic carbocycles. The Bertz CT molecular complexity index is 415. The predicted molar refractivity (Wildman–Crippen MR) is 58.1 cm³/mol. The van der Waals surface area contributed by atoms with Crippen LogP contribution in [0.3, 0.4) is 0 Å². The molecule has 0 aliphatic carbocycles. The molecule has 84 valence electrons. The lowest BCUT2D eigenvalue weighted by atomic mass is 10.1. The van der Waals surface area contributed by atoms with Gasteiger partial charge in [0.05, 0.1) is 12.7 Å². The first kappa shape index (κ1) is 12.1. The summed E-state index contributed by atoms with van der Waals surface area (Å²) in [4.78, 5) is 11.6. The lowest BCUT2D eigenvalue weighted by Crippen LogP contribution is -2.25. The third-order valence-corrected chi connectivity index (χ3v) is 1.94. The highest BCUT2D eigenvalue weighted by molar-refractivity contribution is 5.89. The molecule has 0 aliphatic rings. The summed E-state index contributed by atoms with van der Waals surface area (Å²) in [5.74, 6) is 0.144. The molecule has 1 rings (SSSR count). The van der Waals surface area contributed by atoms with E-state index < -0.39 is 11.6 Å². The Morgan fingerprint density at radius 3 is 2.31 bits per heavy atom. The van der Waals surface area contributed by atoms with Crippen molar-refractivity contribution in [2.24, 2.45) is 0 Å². The van der Waals surface area contributed by atoms with E-state index in [1.165, 1.54) is 13.8 Å².